The Morgan fingerprint density at radius 3 is 2.60 bits per heavy atom. The van der Waals surface area contributed by atoms with E-state index in [0.29, 0.717) is 5.82 Å². The highest BCUT2D eigenvalue weighted by molar-refractivity contribution is 9.10. The van der Waals surface area contributed by atoms with Gasteiger partial charge in [-0.05, 0) is 54.9 Å². The van der Waals surface area contributed by atoms with Crippen molar-refractivity contribution in [3.8, 4) is 0 Å². The first kappa shape index (κ1) is 14.8. The fourth-order valence-electron chi connectivity index (χ4n) is 2.18. The van der Waals surface area contributed by atoms with Crippen LogP contribution in [0.15, 0.2) is 33.3 Å². The lowest BCUT2D eigenvalue weighted by molar-refractivity contribution is -0.119. The Labute approximate surface area is 126 Å². The number of rotatable bonds is 3. The van der Waals surface area contributed by atoms with Gasteiger partial charge >= 0.3 is 0 Å². The Morgan fingerprint density at radius 2 is 2.10 bits per heavy atom. The van der Waals surface area contributed by atoms with Crippen LogP contribution < -0.4 is 4.90 Å². The van der Waals surface area contributed by atoms with Crippen LogP contribution in [-0.2, 0) is 4.79 Å². The number of furan rings is 1. The minimum absolute atomic E-state index is 0.0104. The van der Waals surface area contributed by atoms with Crippen molar-refractivity contribution in [1.82, 2.24) is 4.98 Å². The molecule has 0 aliphatic rings. The molecule has 0 aliphatic carbocycles. The van der Waals surface area contributed by atoms with Crippen molar-refractivity contribution in [2.75, 3.05) is 11.9 Å². The molecule has 0 saturated carbocycles. The Morgan fingerprint density at radius 1 is 1.40 bits per heavy atom. The van der Waals surface area contributed by atoms with E-state index in [4.69, 9.17) is 4.42 Å². The average molecular weight is 337 g/mol. The molecule has 0 radical (unpaired) electrons. The minimum atomic E-state index is -0.261. The molecule has 2 rings (SSSR count). The van der Waals surface area contributed by atoms with E-state index in [1.54, 1.807) is 18.1 Å². The molecule has 0 N–H and O–H groups in total. The normalized spacial score (nSPS) is 12.2. The van der Waals surface area contributed by atoms with Crippen LogP contribution in [0.5, 0.6) is 0 Å². The largest absolute Gasteiger partial charge is 0.466 e. The number of carbonyl (C=O) groups excluding carboxylic acids is 1. The Bertz CT molecular complexity index is 619. The van der Waals surface area contributed by atoms with Crippen LogP contribution in [0.25, 0.3) is 0 Å². The first-order valence-corrected chi connectivity index (χ1v) is 7.15. The summed E-state index contributed by atoms with van der Waals surface area (Å²) in [6.45, 7) is 5.65. The predicted octanol–water partition coefficient (Wildman–Crippen LogP) is 3.82. The topological polar surface area (TPSA) is 46.3 Å². The molecule has 1 amide bonds. The van der Waals surface area contributed by atoms with Crippen LogP contribution in [-0.4, -0.2) is 17.9 Å². The lowest BCUT2D eigenvalue weighted by Gasteiger charge is -2.20. The number of amides is 1. The maximum Gasteiger partial charge on any atom is 0.235 e. The van der Waals surface area contributed by atoms with Gasteiger partial charge in [0.25, 0.3) is 0 Å². The number of halogens is 1. The Balaban J connectivity index is 2.22. The van der Waals surface area contributed by atoms with E-state index in [2.05, 4.69) is 20.9 Å². The van der Waals surface area contributed by atoms with Gasteiger partial charge < -0.3 is 4.42 Å². The number of likely N-dealkylation sites (N-methyl/N-ethyl adjacent to an activating group) is 1. The highest BCUT2D eigenvalue weighted by Gasteiger charge is 2.24. The number of aromatic nitrogens is 1. The van der Waals surface area contributed by atoms with Crippen LogP contribution in [0, 0.1) is 13.8 Å². The van der Waals surface area contributed by atoms with Crippen LogP contribution in [0.3, 0.4) is 0 Å². The van der Waals surface area contributed by atoms with Gasteiger partial charge in [0.1, 0.15) is 17.3 Å². The average Bonchev–Trinajstić information content (AvgIpc) is 2.76. The molecule has 0 fully saturated rings. The maximum absolute atomic E-state index is 12.5. The Kier molecular flexibility index (Phi) is 4.28. The zero-order valence-electron chi connectivity index (χ0n) is 12.0. The summed E-state index contributed by atoms with van der Waals surface area (Å²) >= 11 is 3.33. The maximum atomic E-state index is 12.5. The van der Waals surface area contributed by atoms with Gasteiger partial charge in [0.05, 0.1) is 5.92 Å². The van der Waals surface area contributed by atoms with Crippen molar-refractivity contribution >= 4 is 27.7 Å². The van der Waals surface area contributed by atoms with Gasteiger partial charge in [-0.3, -0.25) is 9.69 Å². The van der Waals surface area contributed by atoms with Gasteiger partial charge in [-0.1, -0.05) is 0 Å². The number of hydrogen-bond donors (Lipinski definition) is 0. The molecule has 20 heavy (non-hydrogen) atoms. The van der Waals surface area contributed by atoms with Gasteiger partial charge in [-0.2, -0.15) is 0 Å². The lowest BCUT2D eigenvalue weighted by Crippen LogP contribution is -2.31. The van der Waals surface area contributed by atoms with Crippen LogP contribution in [0.2, 0.25) is 0 Å². The van der Waals surface area contributed by atoms with Crippen molar-refractivity contribution in [3.63, 3.8) is 0 Å². The molecular formula is C15H17BrN2O2. The van der Waals surface area contributed by atoms with E-state index in [9.17, 15) is 4.79 Å². The standard InChI is InChI=1S/C15H17BrN2O2/c1-9-7-13(11(3)20-9)10(2)15(19)18(4)14-6-5-12(16)8-17-14/h5-8,10H,1-4H3. The number of nitrogens with zero attached hydrogens (tertiary/aromatic N) is 2. The van der Waals surface area contributed by atoms with Gasteiger partial charge in [0.15, 0.2) is 0 Å². The summed E-state index contributed by atoms with van der Waals surface area (Å²) in [6.07, 6.45) is 1.68. The van der Waals surface area contributed by atoms with Gasteiger partial charge in [-0.25, -0.2) is 4.98 Å². The highest BCUT2D eigenvalue weighted by atomic mass is 79.9. The smallest absolute Gasteiger partial charge is 0.235 e. The fourth-order valence-corrected chi connectivity index (χ4v) is 2.42. The third-order valence-electron chi connectivity index (χ3n) is 3.30. The first-order valence-electron chi connectivity index (χ1n) is 6.36. The van der Waals surface area contributed by atoms with Crippen molar-refractivity contribution < 1.29 is 9.21 Å². The number of anilines is 1. The molecule has 0 spiro atoms. The zero-order valence-corrected chi connectivity index (χ0v) is 13.6. The van der Waals surface area contributed by atoms with Crippen LogP contribution >= 0.6 is 15.9 Å². The molecule has 0 saturated heterocycles. The van der Waals surface area contributed by atoms with Gasteiger partial charge in [0, 0.05) is 23.3 Å². The molecule has 4 nitrogen and oxygen atoms in total. The van der Waals surface area contributed by atoms with Crippen molar-refractivity contribution in [1.29, 1.82) is 0 Å². The lowest BCUT2D eigenvalue weighted by atomic mass is 10.0. The molecule has 1 atom stereocenters. The van der Waals surface area contributed by atoms with Crippen molar-refractivity contribution in [3.05, 3.63) is 46.0 Å². The molecule has 2 aromatic rings. The monoisotopic (exact) mass is 336 g/mol. The summed E-state index contributed by atoms with van der Waals surface area (Å²) in [5.74, 6) is 1.97. The summed E-state index contributed by atoms with van der Waals surface area (Å²) in [5, 5.41) is 0. The predicted molar refractivity (Wildman–Crippen MR) is 81.9 cm³/mol. The molecule has 0 aromatic carbocycles. The van der Waals surface area contributed by atoms with Crippen molar-refractivity contribution in [2.45, 2.75) is 26.7 Å². The molecule has 1 unspecified atom stereocenters. The van der Waals surface area contributed by atoms with Crippen LogP contribution in [0.1, 0.15) is 29.9 Å². The number of pyridine rings is 1. The molecule has 5 heteroatoms. The first-order chi connectivity index (χ1) is 9.40. The third-order valence-corrected chi connectivity index (χ3v) is 3.77. The van der Waals surface area contributed by atoms with E-state index in [1.807, 2.05) is 39.0 Å². The summed E-state index contributed by atoms with van der Waals surface area (Å²) in [7, 11) is 1.73. The Hall–Kier alpha value is -1.62. The SMILES string of the molecule is Cc1cc(C(C)C(=O)N(C)c2ccc(Br)cn2)c(C)o1. The van der Waals surface area contributed by atoms with Gasteiger partial charge in [-0.15, -0.1) is 0 Å². The van der Waals surface area contributed by atoms with E-state index in [0.717, 1.165) is 21.6 Å². The molecule has 2 heterocycles. The van der Waals surface area contributed by atoms with E-state index >= 15 is 0 Å². The summed E-state index contributed by atoms with van der Waals surface area (Å²) < 4.78 is 6.38. The third kappa shape index (κ3) is 2.93. The van der Waals surface area contributed by atoms with E-state index in [1.165, 1.54) is 0 Å². The second-order valence-electron chi connectivity index (χ2n) is 4.82. The minimum Gasteiger partial charge on any atom is -0.466 e. The molecule has 0 aliphatic heterocycles. The zero-order chi connectivity index (χ0) is 14.9. The number of hydrogen-bond acceptors (Lipinski definition) is 3. The molecular weight excluding hydrogens is 320 g/mol. The number of carbonyl (C=O) groups is 1. The molecule has 0 bridgehead atoms. The summed E-state index contributed by atoms with van der Waals surface area (Å²) in [5.41, 5.74) is 0.927. The molecule has 2 aromatic heterocycles. The quantitative estimate of drug-likeness (QED) is 0.855. The van der Waals surface area contributed by atoms with Crippen LogP contribution in [0.4, 0.5) is 5.82 Å². The van der Waals surface area contributed by atoms with E-state index in [-0.39, 0.29) is 11.8 Å². The highest BCUT2D eigenvalue weighted by Crippen LogP contribution is 2.26. The molecule has 106 valence electrons. The number of aryl methyl sites for hydroxylation is 2. The summed E-state index contributed by atoms with van der Waals surface area (Å²) in [4.78, 5) is 18.3. The van der Waals surface area contributed by atoms with Crippen molar-refractivity contribution in [2.24, 2.45) is 0 Å². The summed E-state index contributed by atoms with van der Waals surface area (Å²) in [6, 6.07) is 5.59. The second-order valence-corrected chi connectivity index (χ2v) is 5.74. The second kappa shape index (κ2) is 5.79. The fraction of sp³-hybridized carbons (Fsp3) is 0.333. The van der Waals surface area contributed by atoms with E-state index < -0.39 is 0 Å². The van der Waals surface area contributed by atoms with Gasteiger partial charge in [0.2, 0.25) is 5.91 Å².